The van der Waals surface area contributed by atoms with Crippen LogP contribution in [-0.2, 0) is 0 Å². The molecule has 0 aliphatic rings. The Morgan fingerprint density at radius 3 is 2.40 bits per heavy atom. The van der Waals surface area contributed by atoms with Gasteiger partial charge in [0.2, 0.25) is 0 Å². The predicted molar refractivity (Wildman–Crippen MR) is 103 cm³/mol. The summed E-state index contributed by atoms with van der Waals surface area (Å²) in [5, 5.41) is 22.0. The average Bonchev–Trinajstić information content (AvgIpc) is 2.65. The van der Waals surface area contributed by atoms with Crippen molar-refractivity contribution < 1.29 is 5.11 Å². The standard InChI is InChI=1S/C22H26N2O/c1-22(2,17-25)21(20-8-4-3-5-9-20)16-24-14-6-7-18-10-12-19(15-23)13-11-18/h3-13,21,24-25H,14,16-17H2,1-2H3/b7-6+. The molecule has 3 heteroatoms. The second-order valence-corrected chi connectivity index (χ2v) is 6.90. The van der Waals surface area contributed by atoms with Crippen LogP contribution in [0.1, 0.15) is 36.5 Å². The van der Waals surface area contributed by atoms with Crippen LogP contribution in [0.5, 0.6) is 0 Å². The fourth-order valence-corrected chi connectivity index (χ4v) is 2.82. The van der Waals surface area contributed by atoms with Crippen molar-refractivity contribution in [2.45, 2.75) is 19.8 Å². The van der Waals surface area contributed by atoms with Gasteiger partial charge in [-0.15, -0.1) is 0 Å². The SMILES string of the molecule is CC(C)(CO)C(CNC/C=C/c1ccc(C#N)cc1)c1ccccc1. The minimum atomic E-state index is -0.189. The van der Waals surface area contributed by atoms with Gasteiger partial charge in [0.25, 0.3) is 0 Å². The van der Waals surface area contributed by atoms with Gasteiger partial charge >= 0.3 is 0 Å². The molecule has 1 unspecified atom stereocenters. The molecule has 2 N–H and O–H groups in total. The number of benzene rings is 2. The largest absolute Gasteiger partial charge is 0.396 e. The maximum absolute atomic E-state index is 9.76. The highest BCUT2D eigenvalue weighted by atomic mass is 16.3. The van der Waals surface area contributed by atoms with E-state index in [2.05, 4.69) is 43.4 Å². The summed E-state index contributed by atoms with van der Waals surface area (Å²) in [5.41, 5.74) is 2.80. The van der Waals surface area contributed by atoms with Crippen LogP contribution in [0, 0.1) is 16.7 Å². The van der Waals surface area contributed by atoms with Gasteiger partial charge in [-0.05, 0) is 28.7 Å². The van der Waals surface area contributed by atoms with Crippen LogP contribution in [0.3, 0.4) is 0 Å². The van der Waals surface area contributed by atoms with E-state index in [4.69, 9.17) is 5.26 Å². The molecule has 0 spiro atoms. The van der Waals surface area contributed by atoms with E-state index in [0.717, 1.165) is 18.7 Å². The Bertz CT molecular complexity index is 712. The number of nitrogens with zero attached hydrogens (tertiary/aromatic N) is 1. The number of aliphatic hydroxyl groups excluding tert-OH is 1. The second-order valence-electron chi connectivity index (χ2n) is 6.90. The van der Waals surface area contributed by atoms with Crippen LogP contribution in [0.25, 0.3) is 6.08 Å². The summed E-state index contributed by atoms with van der Waals surface area (Å²) >= 11 is 0. The monoisotopic (exact) mass is 334 g/mol. The van der Waals surface area contributed by atoms with E-state index in [1.807, 2.05) is 48.5 Å². The molecular weight excluding hydrogens is 308 g/mol. The van der Waals surface area contributed by atoms with Gasteiger partial charge in [0.15, 0.2) is 0 Å². The van der Waals surface area contributed by atoms with E-state index >= 15 is 0 Å². The van der Waals surface area contributed by atoms with Crippen molar-refractivity contribution in [2.75, 3.05) is 19.7 Å². The summed E-state index contributed by atoms with van der Waals surface area (Å²) in [4.78, 5) is 0. The molecule has 2 rings (SSSR count). The molecule has 130 valence electrons. The summed E-state index contributed by atoms with van der Waals surface area (Å²) in [5.74, 6) is 0.238. The van der Waals surface area contributed by atoms with Crippen LogP contribution in [0.2, 0.25) is 0 Å². The van der Waals surface area contributed by atoms with Gasteiger partial charge in [0.05, 0.1) is 11.6 Å². The molecule has 0 aliphatic heterocycles. The van der Waals surface area contributed by atoms with Gasteiger partial charge in [0.1, 0.15) is 0 Å². The van der Waals surface area contributed by atoms with Crippen LogP contribution < -0.4 is 5.32 Å². The summed E-state index contributed by atoms with van der Waals surface area (Å²) in [7, 11) is 0. The smallest absolute Gasteiger partial charge is 0.0991 e. The number of rotatable bonds is 8. The number of nitriles is 1. The van der Waals surface area contributed by atoms with Crippen molar-refractivity contribution >= 4 is 6.08 Å². The molecule has 0 saturated carbocycles. The lowest BCUT2D eigenvalue weighted by molar-refractivity contribution is 0.129. The third-order valence-corrected chi connectivity index (χ3v) is 4.51. The zero-order valence-corrected chi connectivity index (χ0v) is 14.9. The lowest BCUT2D eigenvalue weighted by atomic mass is 9.75. The molecule has 0 saturated heterocycles. The Morgan fingerprint density at radius 1 is 1.12 bits per heavy atom. The highest BCUT2D eigenvalue weighted by molar-refractivity contribution is 5.51. The average molecular weight is 334 g/mol. The minimum Gasteiger partial charge on any atom is -0.396 e. The summed E-state index contributed by atoms with van der Waals surface area (Å²) < 4.78 is 0. The first-order valence-corrected chi connectivity index (χ1v) is 8.60. The lowest BCUT2D eigenvalue weighted by Gasteiger charge is -2.33. The molecule has 0 aliphatic carbocycles. The van der Waals surface area contributed by atoms with Crippen LogP contribution in [-0.4, -0.2) is 24.8 Å². The Hall–Kier alpha value is -2.41. The molecular formula is C22H26N2O. The minimum absolute atomic E-state index is 0.148. The highest BCUT2D eigenvalue weighted by Gasteiger charge is 2.29. The van der Waals surface area contributed by atoms with Crippen LogP contribution in [0.15, 0.2) is 60.7 Å². The number of hydrogen-bond acceptors (Lipinski definition) is 3. The summed E-state index contributed by atoms with van der Waals surface area (Å²) in [6.45, 7) is 5.90. The van der Waals surface area contributed by atoms with E-state index in [0.29, 0.717) is 5.56 Å². The molecule has 2 aromatic rings. The molecule has 0 radical (unpaired) electrons. The third kappa shape index (κ3) is 5.56. The molecule has 0 fully saturated rings. The van der Waals surface area contributed by atoms with Gasteiger partial charge in [-0.2, -0.15) is 5.26 Å². The van der Waals surface area contributed by atoms with Crippen molar-refractivity contribution in [3.8, 4) is 6.07 Å². The molecule has 2 aromatic carbocycles. The first-order valence-electron chi connectivity index (χ1n) is 8.60. The second kappa shape index (κ2) is 9.17. The normalized spacial score (nSPS) is 12.9. The van der Waals surface area contributed by atoms with E-state index in [1.165, 1.54) is 5.56 Å². The van der Waals surface area contributed by atoms with Gasteiger partial charge in [-0.1, -0.05) is 68.5 Å². The Kier molecular flexibility index (Phi) is 6.94. The fraction of sp³-hybridized carbons (Fsp3) is 0.318. The lowest BCUT2D eigenvalue weighted by Crippen LogP contribution is -2.34. The molecule has 0 heterocycles. The van der Waals surface area contributed by atoms with Crippen molar-refractivity contribution in [3.05, 3.63) is 77.4 Å². The zero-order chi connectivity index (χ0) is 18.1. The fourth-order valence-electron chi connectivity index (χ4n) is 2.82. The summed E-state index contributed by atoms with van der Waals surface area (Å²) in [6, 6.07) is 20.0. The van der Waals surface area contributed by atoms with Gasteiger partial charge in [-0.25, -0.2) is 0 Å². The van der Waals surface area contributed by atoms with E-state index in [1.54, 1.807) is 0 Å². The van der Waals surface area contributed by atoms with Gasteiger partial charge in [-0.3, -0.25) is 0 Å². The van der Waals surface area contributed by atoms with Crippen molar-refractivity contribution in [1.82, 2.24) is 5.32 Å². The Labute approximate surface area is 150 Å². The first kappa shape index (κ1) is 18.9. The molecule has 0 bridgehead atoms. The number of aliphatic hydroxyl groups is 1. The van der Waals surface area contributed by atoms with Gasteiger partial charge in [0, 0.05) is 25.6 Å². The topological polar surface area (TPSA) is 56.0 Å². The van der Waals surface area contributed by atoms with E-state index in [-0.39, 0.29) is 17.9 Å². The quantitative estimate of drug-likeness (QED) is 0.718. The van der Waals surface area contributed by atoms with Crippen molar-refractivity contribution in [3.63, 3.8) is 0 Å². The molecule has 3 nitrogen and oxygen atoms in total. The van der Waals surface area contributed by atoms with Crippen LogP contribution >= 0.6 is 0 Å². The predicted octanol–water partition coefficient (Wildman–Crippen LogP) is 3.96. The molecule has 0 amide bonds. The Balaban J connectivity index is 1.92. The maximum Gasteiger partial charge on any atom is 0.0991 e. The molecule has 0 aromatic heterocycles. The zero-order valence-electron chi connectivity index (χ0n) is 14.9. The summed E-state index contributed by atoms with van der Waals surface area (Å²) in [6.07, 6.45) is 4.12. The van der Waals surface area contributed by atoms with E-state index < -0.39 is 0 Å². The third-order valence-electron chi connectivity index (χ3n) is 4.51. The molecule has 25 heavy (non-hydrogen) atoms. The van der Waals surface area contributed by atoms with Crippen LogP contribution in [0.4, 0.5) is 0 Å². The van der Waals surface area contributed by atoms with Crippen molar-refractivity contribution in [1.29, 1.82) is 5.26 Å². The van der Waals surface area contributed by atoms with Gasteiger partial charge < -0.3 is 10.4 Å². The maximum atomic E-state index is 9.76. The Morgan fingerprint density at radius 2 is 1.80 bits per heavy atom. The first-order chi connectivity index (χ1) is 12.1. The highest BCUT2D eigenvalue weighted by Crippen LogP contribution is 2.34. The molecule has 1 atom stereocenters. The number of hydrogen-bond donors (Lipinski definition) is 2. The van der Waals surface area contributed by atoms with E-state index in [9.17, 15) is 5.11 Å². The van der Waals surface area contributed by atoms with Crippen molar-refractivity contribution in [2.24, 2.45) is 5.41 Å². The number of nitrogens with one attached hydrogen (secondary N) is 1.